The number of carbonyl (C=O) groups is 1. The largest absolute Gasteiger partial charge is 0.341 e. The second-order valence-electron chi connectivity index (χ2n) is 6.42. The molecule has 1 aromatic carbocycles. The van der Waals surface area contributed by atoms with Gasteiger partial charge >= 0.3 is 0 Å². The summed E-state index contributed by atoms with van der Waals surface area (Å²) in [5, 5.41) is 3.27. The van der Waals surface area contributed by atoms with Gasteiger partial charge in [0, 0.05) is 32.1 Å². The van der Waals surface area contributed by atoms with Gasteiger partial charge in [0.2, 0.25) is 15.9 Å². The van der Waals surface area contributed by atoms with Gasteiger partial charge in [0.25, 0.3) is 0 Å². The monoisotopic (exact) mass is 387 g/mol. The first-order valence-corrected chi connectivity index (χ1v) is 10.1. The molecule has 0 aromatic heterocycles. The number of nitrogens with zero attached hydrogens (tertiary/aromatic N) is 2. The number of halogens is 1. The molecular formula is C17H26ClN3O3S. The number of amides is 1. The van der Waals surface area contributed by atoms with Crippen LogP contribution in [0.25, 0.3) is 0 Å². The van der Waals surface area contributed by atoms with Crippen molar-refractivity contribution in [2.24, 2.45) is 5.92 Å². The molecule has 0 aliphatic carbocycles. The Bertz CT molecular complexity index is 663. The van der Waals surface area contributed by atoms with E-state index >= 15 is 0 Å². The molecule has 1 N–H and O–H groups in total. The number of benzene rings is 1. The Morgan fingerprint density at radius 1 is 1.00 bits per heavy atom. The summed E-state index contributed by atoms with van der Waals surface area (Å²) >= 11 is 0. The highest BCUT2D eigenvalue weighted by atomic mass is 35.5. The first kappa shape index (κ1) is 20.2. The van der Waals surface area contributed by atoms with Crippen molar-refractivity contribution in [3.8, 4) is 0 Å². The number of rotatable bonds is 3. The molecule has 2 fully saturated rings. The molecule has 140 valence electrons. The van der Waals surface area contributed by atoms with Crippen molar-refractivity contribution in [2.45, 2.75) is 24.2 Å². The summed E-state index contributed by atoms with van der Waals surface area (Å²) < 4.78 is 27.0. The standard InChI is InChI=1S/C17H25N3O3S.ClH/c21-17(15-7-9-18-10-8-15)19-11-4-12-20(14-13-19)24(22,23)16-5-2-1-3-6-16;/h1-3,5-6,15,18H,4,7-14H2;1H. The van der Waals surface area contributed by atoms with Gasteiger partial charge in [-0.15, -0.1) is 12.4 Å². The van der Waals surface area contributed by atoms with Gasteiger partial charge in [-0.2, -0.15) is 4.31 Å². The van der Waals surface area contributed by atoms with Crippen LogP contribution in [0, 0.1) is 5.92 Å². The summed E-state index contributed by atoms with van der Waals surface area (Å²) in [6.45, 7) is 3.73. The summed E-state index contributed by atoms with van der Waals surface area (Å²) in [6, 6.07) is 8.52. The molecule has 0 spiro atoms. The molecule has 2 aliphatic heterocycles. The predicted octanol–water partition coefficient (Wildman–Crippen LogP) is 1.33. The van der Waals surface area contributed by atoms with E-state index in [9.17, 15) is 13.2 Å². The minimum atomic E-state index is -3.47. The lowest BCUT2D eigenvalue weighted by atomic mass is 9.96. The highest BCUT2D eigenvalue weighted by Crippen LogP contribution is 2.20. The normalized spacial score (nSPS) is 20.6. The van der Waals surface area contributed by atoms with Gasteiger partial charge in [-0.1, -0.05) is 18.2 Å². The molecule has 3 rings (SSSR count). The SMILES string of the molecule is Cl.O=C(C1CCNCC1)N1CCCN(S(=O)(=O)c2ccccc2)CC1. The third kappa shape index (κ3) is 4.73. The van der Waals surface area contributed by atoms with Crippen LogP contribution < -0.4 is 5.32 Å². The zero-order valence-corrected chi connectivity index (χ0v) is 15.9. The fourth-order valence-corrected chi connectivity index (χ4v) is 4.91. The molecule has 6 nitrogen and oxygen atoms in total. The molecule has 2 heterocycles. The number of sulfonamides is 1. The number of piperidine rings is 1. The Morgan fingerprint density at radius 3 is 2.36 bits per heavy atom. The van der Waals surface area contributed by atoms with E-state index in [1.54, 1.807) is 30.3 Å². The maximum absolute atomic E-state index is 12.7. The van der Waals surface area contributed by atoms with Crippen LogP contribution in [-0.2, 0) is 14.8 Å². The Kier molecular flexibility index (Phi) is 7.25. The van der Waals surface area contributed by atoms with Crippen molar-refractivity contribution < 1.29 is 13.2 Å². The topological polar surface area (TPSA) is 69.7 Å². The van der Waals surface area contributed by atoms with Crippen molar-refractivity contribution in [1.82, 2.24) is 14.5 Å². The van der Waals surface area contributed by atoms with Crippen molar-refractivity contribution in [3.63, 3.8) is 0 Å². The van der Waals surface area contributed by atoms with Crippen molar-refractivity contribution in [1.29, 1.82) is 0 Å². The first-order chi connectivity index (χ1) is 11.6. The molecule has 0 atom stereocenters. The highest BCUT2D eigenvalue weighted by molar-refractivity contribution is 7.89. The van der Waals surface area contributed by atoms with Gasteiger partial charge in [-0.05, 0) is 44.5 Å². The van der Waals surface area contributed by atoms with E-state index in [0.29, 0.717) is 37.5 Å². The number of nitrogens with one attached hydrogen (secondary N) is 1. The molecular weight excluding hydrogens is 362 g/mol. The van der Waals surface area contributed by atoms with Crippen molar-refractivity contribution >= 4 is 28.3 Å². The maximum atomic E-state index is 12.7. The fourth-order valence-electron chi connectivity index (χ4n) is 3.42. The summed E-state index contributed by atoms with van der Waals surface area (Å²) in [4.78, 5) is 14.8. The predicted molar refractivity (Wildman–Crippen MR) is 99.2 cm³/mol. The zero-order chi connectivity index (χ0) is 17.0. The van der Waals surface area contributed by atoms with Crippen LogP contribution in [0.5, 0.6) is 0 Å². The Morgan fingerprint density at radius 2 is 1.68 bits per heavy atom. The number of carbonyl (C=O) groups excluding carboxylic acids is 1. The third-order valence-corrected chi connectivity index (χ3v) is 6.75. The van der Waals surface area contributed by atoms with Gasteiger partial charge in [0.1, 0.15) is 0 Å². The van der Waals surface area contributed by atoms with Gasteiger partial charge in [0.15, 0.2) is 0 Å². The summed E-state index contributed by atoms with van der Waals surface area (Å²) in [5.74, 6) is 0.277. The molecule has 1 amide bonds. The summed E-state index contributed by atoms with van der Waals surface area (Å²) in [5.41, 5.74) is 0. The van der Waals surface area contributed by atoms with Crippen molar-refractivity contribution in [3.05, 3.63) is 30.3 Å². The van der Waals surface area contributed by atoms with Gasteiger partial charge in [-0.3, -0.25) is 4.79 Å². The minimum absolute atomic E-state index is 0. The molecule has 25 heavy (non-hydrogen) atoms. The maximum Gasteiger partial charge on any atom is 0.243 e. The Hall–Kier alpha value is -1.15. The average Bonchev–Trinajstić information content (AvgIpc) is 2.89. The van der Waals surface area contributed by atoms with Crippen LogP contribution in [-0.4, -0.2) is 62.8 Å². The zero-order valence-electron chi connectivity index (χ0n) is 14.3. The Balaban J connectivity index is 0.00000225. The van der Waals surface area contributed by atoms with Crippen molar-refractivity contribution in [2.75, 3.05) is 39.3 Å². The smallest absolute Gasteiger partial charge is 0.243 e. The average molecular weight is 388 g/mol. The second-order valence-corrected chi connectivity index (χ2v) is 8.36. The molecule has 0 unspecified atom stereocenters. The summed E-state index contributed by atoms with van der Waals surface area (Å²) in [6.07, 6.45) is 2.44. The van der Waals surface area contributed by atoms with Crippen LogP contribution in [0.15, 0.2) is 35.2 Å². The van der Waals surface area contributed by atoms with Crippen LogP contribution in [0.1, 0.15) is 19.3 Å². The molecule has 0 radical (unpaired) electrons. The van der Waals surface area contributed by atoms with Crippen LogP contribution in [0.4, 0.5) is 0 Å². The van der Waals surface area contributed by atoms with E-state index in [2.05, 4.69) is 5.32 Å². The first-order valence-electron chi connectivity index (χ1n) is 8.64. The quantitative estimate of drug-likeness (QED) is 0.849. The second kappa shape index (κ2) is 8.98. The molecule has 1 aromatic rings. The lowest BCUT2D eigenvalue weighted by Crippen LogP contribution is -2.43. The van der Waals surface area contributed by atoms with E-state index in [1.807, 2.05) is 4.90 Å². The lowest BCUT2D eigenvalue weighted by molar-refractivity contribution is -0.136. The fraction of sp³-hybridized carbons (Fsp3) is 0.588. The highest BCUT2D eigenvalue weighted by Gasteiger charge is 2.31. The van der Waals surface area contributed by atoms with E-state index in [1.165, 1.54) is 4.31 Å². The Labute approximate surface area is 156 Å². The minimum Gasteiger partial charge on any atom is -0.341 e. The molecule has 2 saturated heterocycles. The van der Waals surface area contributed by atoms with Gasteiger partial charge in [0.05, 0.1) is 4.90 Å². The lowest BCUT2D eigenvalue weighted by Gasteiger charge is -2.28. The number of hydrogen-bond donors (Lipinski definition) is 1. The molecule has 0 saturated carbocycles. The van der Waals surface area contributed by atoms with Crippen LogP contribution in [0.2, 0.25) is 0 Å². The van der Waals surface area contributed by atoms with Crippen LogP contribution >= 0.6 is 12.4 Å². The molecule has 0 bridgehead atoms. The van der Waals surface area contributed by atoms with Crippen LogP contribution in [0.3, 0.4) is 0 Å². The number of hydrogen-bond acceptors (Lipinski definition) is 4. The van der Waals surface area contributed by atoms with E-state index < -0.39 is 10.0 Å². The van der Waals surface area contributed by atoms with Gasteiger partial charge in [-0.25, -0.2) is 8.42 Å². The van der Waals surface area contributed by atoms with E-state index in [4.69, 9.17) is 0 Å². The van der Waals surface area contributed by atoms with E-state index in [0.717, 1.165) is 25.9 Å². The molecule has 8 heteroatoms. The van der Waals surface area contributed by atoms with Gasteiger partial charge < -0.3 is 10.2 Å². The molecule has 2 aliphatic rings. The third-order valence-electron chi connectivity index (χ3n) is 4.84. The summed E-state index contributed by atoms with van der Waals surface area (Å²) in [7, 11) is -3.47. The van der Waals surface area contributed by atoms with E-state index in [-0.39, 0.29) is 24.2 Å².